The van der Waals surface area contributed by atoms with Crippen LogP contribution in [-0.2, 0) is 0 Å². The first-order valence-corrected chi connectivity index (χ1v) is 6.44. The molecule has 1 unspecified atom stereocenters. The van der Waals surface area contributed by atoms with Crippen molar-refractivity contribution in [2.24, 2.45) is 11.8 Å². The summed E-state index contributed by atoms with van der Waals surface area (Å²) in [6.45, 7) is 4.24. The topological polar surface area (TPSA) is 38.0 Å². The Kier molecular flexibility index (Phi) is 5.99. The SMILES string of the molecule is CC(C)CCCC(NN)c1cc(F)c(Cl)cc1F. The maximum Gasteiger partial charge on any atom is 0.142 e. The molecule has 3 N–H and O–H groups in total. The first-order chi connectivity index (χ1) is 8.45. The summed E-state index contributed by atoms with van der Waals surface area (Å²) in [7, 11) is 0. The predicted molar refractivity (Wildman–Crippen MR) is 70.1 cm³/mol. The number of hydrazine groups is 1. The molecule has 18 heavy (non-hydrogen) atoms. The lowest BCUT2D eigenvalue weighted by Gasteiger charge is -2.18. The van der Waals surface area contributed by atoms with Gasteiger partial charge in [-0.2, -0.15) is 0 Å². The average molecular weight is 277 g/mol. The molecule has 0 spiro atoms. The Balaban J connectivity index is 2.78. The minimum absolute atomic E-state index is 0.214. The van der Waals surface area contributed by atoms with Gasteiger partial charge in [-0.05, 0) is 24.5 Å². The van der Waals surface area contributed by atoms with E-state index in [-0.39, 0.29) is 10.6 Å². The predicted octanol–water partition coefficient (Wildman–Crippen LogP) is 3.95. The smallest absolute Gasteiger partial charge is 0.142 e. The Morgan fingerprint density at radius 1 is 1.22 bits per heavy atom. The van der Waals surface area contributed by atoms with Crippen LogP contribution in [0.4, 0.5) is 8.78 Å². The van der Waals surface area contributed by atoms with Crippen LogP contribution in [-0.4, -0.2) is 0 Å². The molecular weight excluding hydrogens is 258 g/mol. The summed E-state index contributed by atoms with van der Waals surface area (Å²) >= 11 is 5.51. The van der Waals surface area contributed by atoms with Crippen LogP contribution in [0.2, 0.25) is 5.02 Å². The second-order valence-electron chi connectivity index (χ2n) is 4.83. The second kappa shape index (κ2) is 7.02. The zero-order chi connectivity index (χ0) is 13.7. The van der Waals surface area contributed by atoms with E-state index in [1.165, 1.54) is 0 Å². The highest BCUT2D eigenvalue weighted by Crippen LogP contribution is 2.27. The number of benzene rings is 1. The van der Waals surface area contributed by atoms with Crippen molar-refractivity contribution in [3.63, 3.8) is 0 Å². The van der Waals surface area contributed by atoms with Gasteiger partial charge in [0.1, 0.15) is 11.6 Å². The maximum atomic E-state index is 13.7. The van der Waals surface area contributed by atoms with Gasteiger partial charge >= 0.3 is 0 Å². The van der Waals surface area contributed by atoms with Crippen LogP contribution in [0.1, 0.15) is 44.7 Å². The van der Waals surface area contributed by atoms with Gasteiger partial charge in [-0.25, -0.2) is 8.78 Å². The van der Waals surface area contributed by atoms with E-state index in [1.807, 2.05) is 0 Å². The van der Waals surface area contributed by atoms with E-state index in [2.05, 4.69) is 19.3 Å². The molecule has 1 aromatic carbocycles. The average Bonchev–Trinajstić information content (AvgIpc) is 2.30. The summed E-state index contributed by atoms with van der Waals surface area (Å²) in [5.41, 5.74) is 2.75. The molecule has 0 amide bonds. The van der Waals surface area contributed by atoms with Crippen molar-refractivity contribution < 1.29 is 8.78 Å². The number of nitrogens with two attached hydrogens (primary N) is 1. The lowest BCUT2D eigenvalue weighted by Crippen LogP contribution is -2.29. The van der Waals surface area contributed by atoms with Gasteiger partial charge in [-0.15, -0.1) is 0 Å². The van der Waals surface area contributed by atoms with Gasteiger partial charge in [0.15, 0.2) is 0 Å². The van der Waals surface area contributed by atoms with Gasteiger partial charge in [0.2, 0.25) is 0 Å². The van der Waals surface area contributed by atoms with Crippen molar-refractivity contribution in [3.8, 4) is 0 Å². The third-order valence-corrected chi connectivity index (χ3v) is 3.18. The highest BCUT2D eigenvalue weighted by molar-refractivity contribution is 6.30. The van der Waals surface area contributed by atoms with E-state index in [0.29, 0.717) is 12.3 Å². The Hall–Kier alpha value is -0.710. The minimum atomic E-state index is -0.628. The van der Waals surface area contributed by atoms with Crippen molar-refractivity contribution >= 4 is 11.6 Å². The fraction of sp³-hybridized carbons (Fsp3) is 0.538. The zero-order valence-electron chi connectivity index (χ0n) is 10.6. The maximum absolute atomic E-state index is 13.7. The van der Waals surface area contributed by atoms with Crippen LogP contribution in [0.3, 0.4) is 0 Å². The highest BCUT2D eigenvalue weighted by Gasteiger charge is 2.17. The summed E-state index contributed by atoms with van der Waals surface area (Å²) in [6, 6.07) is 1.70. The summed E-state index contributed by atoms with van der Waals surface area (Å²) in [5.74, 6) is 4.82. The van der Waals surface area contributed by atoms with E-state index in [1.54, 1.807) is 0 Å². The van der Waals surface area contributed by atoms with E-state index in [9.17, 15) is 8.78 Å². The molecule has 0 saturated heterocycles. The molecule has 0 aromatic heterocycles. The third-order valence-electron chi connectivity index (χ3n) is 2.89. The van der Waals surface area contributed by atoms with Crippen molar-refractivity contribution in [3.05, 3.63) is 34.4 Å². The minimum Gasteiger partial charge on any atom is -0.271 e. The molecule has 5 heteroatoms. The molecular formula is C13H19ClF2N2. The summed E-state index contributed by atoms with van der Waals surface area (Å²) < 4.78 is 27.0. The van der Waals surface area contributed by atoms with Crippen LogP contribution < -0.4 is 11.3 Å². The van der Waals surface area contributed by atoms with Crippen molar-refractivity contribution in [1.29, 1.82) is 0 Å². The quantitative estimate of drug-likeness (QED) is 0.469. The van der Waals surface area contributed by atoms with Gasteiger partial charge < -0.3 is 0 Å². The first kappa shape index (κ1) is 15.3. The molecule has 1 rings (SSSR count). The molecule has 1 atom stereocenters. The summed E-state index contributed by atoms with van der Waals surface area (Å²) in [6.07, 6.45) is 2.58. The van der Waals surface area contributed by atoms with Gasteiger partial charge in [0.05, 0.1) is 5.02 Å². The summed E-state index contributed by atoms with van der Waals surface area (Å²) in [5, 5.41) is -0.214. The van der Waals surface area contributed by atoms with Crippen LogP contribution in [0.25, 0.3) is 0 Å². The van der Waals surface area contributed by atoms with Crippen molar-refractivity contribution in [2.75, 3.05) is 0 Å². The highest BCUT2D eigenvalue weighted by atomic mass is 35.5. The second-order valence-corrected chi connectivity index (χ2v) is 5.24. The number of rotatable bonds is 6. The molecule has 0 bridgehead atoms. The number of hydrogen-bond donors (Lipinski definition) is 2. The monoisotopic (exact) mass is 276 g/mol. The Morgan fingerprint density at radius 2 is 1.89 bits per heavy atom. The van der Waals surface area contributed by atoms with Gasteiger partial charge in [-0.3, -0.25) is 11.3 Å². The van der Waals surface area contributed by atoms with Crippen LogP contribution in [0, 0.1) is 17.6 Å². The molecule has 2 nitrogen and oxygen atoms in total. The van der Waals surface area contributed by atoms with E-state index < -0.39 is 17.7 Å². The van der Waals surface area contributed by atoms with Gasteiger partial charge in [0, 0.05) is 11.6 Å². The van der Waals surface area contributed by atoms with E-state index in [0.717, 1.165) is 25.0 Å². The van der Waals surface area contributed by atoms with Crippen LogP contribution in [0.5, 0.6) is 0 Å². The first-order valence-electron chi connectivity index (χ1n) is 6.06. The standard InChI is InChI=1S/C13H19ClF2N2/c1-8(2)4-3-5-13(18-17)9-6-12(16)10(14)7-11(9)15/h6-8,13,18H,3-5,17H2,1-2H3. The molecule has 0 saturated carbocycles. The van der Waals surface area contributed by atoms with Crippen LogP contribution >= 0.6 is 11.6 Å². The lowest BCUT2D eigenvalue weighted by molar-refractivity contribution is 0.438. The number of nitrogens with one attached hydrogen (secondary N) is 1. The molecule has 0 aliphatic carbocycles. The molecule has 0 heterocycles. The molecule has 0 fully saturated rings. The van der Waals surface area contributed by atoms with Gasteiger partial charge in [0.25, 0.3) is 0 Å². The Labute approximate surface area is 111 Å². The molecule has 0 aliphatic rings. The fourth-order valence-corrected chi connectivity index (χ4v) is 2.01. The molecule has 0 aliphatic heterocycles. The molecule has 1 aromatic rings. The molecule has 0 radical (unpaired) electrons. The largest absolute Gasteiger partial charge is 0.271 e. The fourth-order valence-electron chi connectivity index (χ4n) is 1.86. The zero-order valence-corrected chi connectivity index (χ0v) is 11.4. The molecule has 102 valence electrons. The Morgan fingerprint density at radius 3 is 2.44 bits per heavy atom. The number of halogens is 3. The van der Waals surface area contributed by atoms with Crippen molar-refractivity contribution in [2.45, 2.75) is 39.2 Å². The third kappa shape index (κ3) is 4.19. The lowest BCUT2D eigenvalue weighted by atomic mass is 9.98. The summed E-state index contributed by atoms with van der Waals surface area (Å²) in [4.78, 5) is 0. The van der Waals surface area contributed by atoms with Crippen molar-refractivity contribution in [1.82, 2.24) is 5.43 Å². The van der Waals surface area contributed by atoms with E-state index >= 15 is 0 Å². The number of hydrogen-bond acceptors (Lipinski definition) is 2. The Bertz CT molecular complexity index is 397. The van der Waals surface area contributed by atoms with E-state index in [4.69, 9.17) is 17.4 Å². The normalized spacial score (nSPS) is 13.1. The van der Waals surface area contributed by atoms with Gasteiger partial charge in [-0.1, -0.05) is 38.3 Å². The van der Waals surface area contributed by atoms with Crippen LogP contribution in [0.15, 0.2) is 12.1 Å².